The third-order valence-electron chi connectivity index (χ3n) is 4.61. The standard InChI is InChI=1S/C20H21BF2N2O7S/c1-10(2)18(26)17(25-20(28)14-6-4-12(33(31)32)8-16(14)23)9-24-19(27)13-5-3-11(21(29)30)7-15(13)22/h3-8,10,17,29-30H,9H2,1-2H3,(H,24,27)(H,25,28)(H,31,32)/t17-/m0/s1. The molecule has 2 aromatic rings. The van der Waals surface area contributed by atoms with Crippen LogP contribution in [0.1, 0.15) is 34.6 Å². The fourth-order valence-electron chi connectivity index (χ4n) is 2.82. The number of halogens is 2. The summed E-state index contributed by atoms with van der Waals surface area (Å²) in [6.07, 6.45) is 0. The molecule has 33 heavy (non-hydrogen) atoms. The molecule has 0 aliphatic heterocycles. The number of benzene rings is 2. The van der Waals surface area contributed by atoms with Gasteiger partial charge in [-0.25, -0.2) is 13.0 Å². The Morgan fingerprint density at radius 1 is 1.00 bits per heavy atom. The van der Waals surface area contributed by atoms with E-state index >= 15 is 0 Å². The fourth-order valence-corrected chi connectivity index (χ4v) is 3.20. The molecule has 0 aliphatic rings. The molecule has 0 radical (unpaired) electrons. The second-order valence-corrected chi connectivity index (χ2v) is 8.27. The zero-order valence-corrected chi connectivity index (χ0v) is 18.4. The quantitative estimate of drug-likeness (QED) is 0.249. The number of hydrogen-bond acceptors (Lipinski definition) is 6. The van der Waals surface area contributed by atoms with Crippen LogP contribution in [0.4, 0.5) is 8.78 Å². The number of amides is 2. The first-order valence-electron chi connectivity index (χ1n) is 9.61. The van der Waals surface area contributed by atoms with Crippen molar-refractivity contribution in [1.82, 2.24) is 10.6 Å². The molecule has 5 N–H and O–H groups in total. The van der Waals surface area contributed by atoms with Crippen molar-refractivity contribution in [2.45, 2.75) is 24.8 Å². The number of Topliss-reactive ketones (excluding diaryl/α,β-unsaturated/α-hetero) is 1. The molecule has 13 heteroatoms. The highest BCUT2D eigenvalue weighted by Gasteiger charge is 2.26. The highest BCUT2D eigenvalue weighted by atomic mass is 32.2. The van der Waals surface area contributed by atoms with Gasteiger partial charge in [0.05, 0.1) is 16.0 Å². The third-order valence-corrected chi connectivity index (χ3v) is 5.26. The molecular weight excluding hydrogens is 461 g/mol. The Morgan fingerprint density at radius 2 is 1.58 bits per heavy atom. The van der Waals surface area contributed by atoms with E-state index in [2.05, 4.69) is 10.6 Å². The highest BCUT2D eigenvalue weighted by Crippen LogP contribution is 2.14. The fraction of sp³-hybridized carbons (Fsp3) is 0.250. The predicted octanol–water partition coefficient (Wildman–Crippen LogP) is -0.0213. The van der Waals surface area contributed by atoms with Crippen LogP contribution in [0.15, 0.2) is 41.3 Å². The minimum Gasteiger partial charge on any atom is -0.423 e. The number of rotatable bonds is 9. The molecule has 0 saturated heterocycles. The van der Waals surface area contributed by atoms with Crippen LogP contribution in [-0.2, 0) is 15.9 Å². The molecule has 0 aromatic heterocycles. The summed E-state index contributed by atoms with van der Waals surface area (Å²) in [5, 5.41) is 22.7. The lowest BCUT2D eigenvalue weighted by atomic mass is 9.80. The van der Waals surface area contributed by atoms with Crippen molar-refractivity contribution in [2.75, 3.05) is 6.54 Å². The van der Waals surface area contributed by atoms with Gasteiger partial charge in [-0.2, -0.15) is 0 Å². The highest BCUT2D eigenvalue weighted by molar-refractivity contribution is 7.79. The summed E-state index contributed by atoms with van der Waals surface area (Å²) in [5.41, 5.74) is -1.08. The lowest BCUT2D eigenvalue weighted by molar-refractivity contribution is -0.123. The first-order valence-corrected chi connectivity index (χ1v) is 10.7. The molecule has 1 unspecified atom stereocenters. The van der Waals surface area contributed by atoms with Crippen LogP contribution in [-0.4, -0.2) is 56.1 Å². The Bertz CT molecular complexity index is 1100. The molecule has 9 nitrogen and oxygen atoms in total. The second kappa shape index (κ2) is 11.2. The van der Waals surface area contributed by atoms with E-state index in [0.717, 1.165) is 30.3 Å². The van der Waals surface area contributed by atoms with Crippen LogP contribution in [0.25, 0.3) is 0 Å². The van der Waals surface area contributed by atoms with Crippen LogP contribution in [0.3, 0.4) is 0 Å². The van der Waals surface area contributed by atoms with Crippen molar-refractivity contribution in [3.05, 3.63) is 59.2 Å². The number of carbonyl (C=O) groups is 3. The first kappa shape index (κ1) is 26.3. The SMILES string of the molecule is CC(C)C(=O)[C@H](CNC(=O)c1ccc(B(O)O)cc1F)NC(=O)c1ccc(S(=O)O)cc1F. The van der Waals surface area contributed by atoms with Gasteiger partial charge in [-0.15, -0.1) is 0 Å². The van der Waals surface area contributed by atoms with Gasteiger partial charge >= 0.3 is 7.12 Å². The van der Waals surface area contributed by atoms with E-state index in [1.165, 1.54) is 0 Å². The van der Waals surface area contributed by atoms with E-state index in [1.807, 2.05) is 0 Å². The Balaban J connectivity index is 2.17. The monoisotopic (exact) mass is 482 g/mol. The minimum atomic E-state index is -2.45. The van der Waals surface area contributed by atoms with Crippen LogP contribution in [0.5, 0.6) is 0 Å². The van der Waals surface area contributed by atoms with Crippen LogP contribution in [0.2, 0.25) is 0 Å². The number of hydrogen-bond donors (Lipinski definition) is 5. The third kappa shape index (κ3) is 6.74. The Hall–Kier alpha value is -3.00. The van der Waals surface area contributed by atoms with Crippen molar-refractivity contribution < 1.29 is 42.0 Å². The summed E-state index contributed by atoms with van der Waals surface area (Å²) < 4.78 is 48.4. The Labute approximate surface area is 190 Å². The van der Waals surface area contributed by atoms with Gasteiger partial charge in [0.2, 0.25) is 0 Å². The summed E-state index contributed by atoms with van der Waals surface area (Å²) in [7, 11) is -1.92. The summed E-state index contributed by atoms with van der Waals surface area (Å²) in [6, 6.07) is 4.41. The smallest absolute Gasteiger partial charge is 0.423 e. The molecule has 0 fully saturated rings. The Morgan fingerprint density at radius 3 is 2.09 bits per heavy atom. The van der Waals surface area contributed by atoms with Gasteiger partial charge < -0.3 is 25.2 Å². The van der Waals surface area contributed by atoms with Crippen molar-refractivity contribution in [3.63, 3.8) is 0 Å². The lowest BCUT2D eigenvalue weighted by Gasteiger charge is -2.20. The van der Waals surface area contributed by atoms with E-state index in [4.69, 9.17) is 14.6 Å². The molecule has 2 rings (SSSR count). The van der Waals surface area contributed by atoms with Gasteiger partial charge in [0.15, 0.2) is 16.9 Å². The van der Waals surface area contributed by atoms with E-state index < -0.39 is 77.1 Å². The Kier molecular flexibility index (Phi) is 8.94. The molecule has 0 aliphatic carbocycles. The van der Waals surface area contributed by atoms with Crippen molar-refractivity contribution in [1.29, 1.82) is 0 Å². The number of carbonyl (C=O) groups excluding carboxylic acids is 3. The molecule has 0 heterocycles. The topological polar surface area (TPSA) is 153 Å². The summed E-state index contributed by atoms with van der Waals surface area (Å²) in [5.74, 6) is -5.10. The van der Waals surface area contributed by atoms with Gasteiger partial charge in [-0.3, -0.25) is 14.4 Å². The molecule has 0 bridgehead atoms. The van der Waals surface area contributed by atoms with E-state index in [0.29, 0.717) is 6.07 Å². The first-order chi connectivity index (χ1) is 15.4. The van der Waals surface area contributed by atoms with Crippen LogP contribution >= 0.6 is 0 Å². The van der Waals surface area contributed by atoms with Crippen molar-refractivity contribution >= 4 is 41.3 Å². The van der Waals surface area contributed by atoms with E-state index in [9.17, 15) is 27.4 Å². The van der Waals surface area contributed by atoms with Crippen molar-refractivity contribution in [3.8, 4) is 0 Å². The second-order valence-electron chi connectivity index (χ2n) is 7.30. The van der Waals surface area contributed by atoms with Crippen LogP contribution in [0, 0.1) is 17.6 Å². The maximum absolute atomic E-state index is 14.2. The normalized spacial score (nSPS) is 12.7. The van der Waals surface area contributed by atoms with Crippen molar-refractivity contribution in [2.24, 2.45) is 5.92 Å². The zero-order valence-electron chi connectivity index (χ0n) is 17.5. The predicted molar refractivity (Wildman–Crippen MR) is 115 cm³/mol. The molecular formula is C20H21BF2N2O7S. The van der Waals surface area contributed by atoms with Crippen LogP contribution < -0.4 is 16.1 Å². The molecule has 0 saturated carbocycles. The largest absolute Gasteiger partial charge is 0.488 e. The molecule has 2 atom stereocenters. The molecule has 2 aromatic carbocycles. The maximum Gasteiger partial charge on any atom is 0.488 e. The summed E-state index contributed by atoms with van der Waals surface area (Å²) in [6.45, 7) is 2.66. The molecule has 176 valence electrons. The maximum atomic E-state index is 14.2. The lowest BCUT2D eigenvalue weighted by Crippen LogP contribution is -2.50. The van der Waals surface area contributed by atoms with E-state index in [-0.39, 0.29) is 10.4 Å². The van der Waals surface area contributed by atoms with E-state index in [1.54, 1.807) is 13.8 Å². The average molecular weight is 482 g/mol. The molecule has 0 spiro atoms. The number of ketones is 1. The van der Waals surface area contributed by atoms with Gasteiger partial charge in [0, 0.05) is 12.5 Å². The van der Waals surface area contributed by atoms with Gasteiger partial charge in [0.25, 0.3) is 11.8 Å². The average Bonchev–Trinajstić information content (AvgIpc) is 2.75. The van der Waals surface area contributed by atoms with Gasteiger partial charge in [-0.05, 0) is 35.8 Å². The zero-order chi connectivity index (χ0) is 24.9. The van der Waals surface area contributed by atoms with Gasteiger partial charge in [-0.1, -0.05) is 19.9 Å². The summed E-state index contributed by atoms with van der Waals surface area (Å²) >= 11 is -2.45. The minimum absolute atomic E-state index is 0.165. The van der Waals surface area contributed by atoms with Gasteiger partial charge in [0.1, 0.15) is 17.7 Å². The number of nitrogens with one attached hydrogen (secondary N) is 2. The summed E-state index contributed by atoms with van der Waals surface area (Å²) in [4.78, 5) is 37.1. The molecule has 2 amide bonds.